The van der Waals surface area contributed by atoms with Gasteiger partial charge in [0.05, 0.1) is 23.3 Å². The van der Waals surface area contributed by atoms with Crippen LogP contribution in [-0.4, -0.2) is 16.3 Å². The fourth-order valence-electron chi connectivity index (χ4n) is 4.47. The third kappa shape index (κ3) is 5.41. The summed E-state index contributed by atoms with van der Waals surface area (Å²) in [7, 11) is 0. The first-order valence-electron chi connectivity index (χ1n) is 12.8. The summed E-state index contributed by atoms with van der Waals surface area (Å²) in [6, 6.07) is 26.2. The first-order chi connectivity index (χ1) is 17.3. The lowest BCUT2D eigenvalue weighted by molar-refractivity contribution is 0.479. The Morgan fingerprint density at radius 3 is 1.92 bits per heavy atom. The third-order valence-electron chi connectivity index (χ3n) is 6.60. The van der Waals surface area contributed by atoms with Crippen LogP contribution in [0.2, 0.25) is 0 Å². The van der Waals surface area contributed by atoms with Gasteiger partial charge in [-0.2, -0.15) is 0 Å². The van der Waals surface area contributed by atoms with E-state index in [-0.39, 0.29) is 5.75 Å². The Hall–Kier alpha value is -3.72. The Kier molecular flexibility index (Phi) is 7.69. The average Bonchev–Trinajstić information content (AvgIpc) is 2.87. The molecule has 1 heterocycles. The second-order valence-electron chi connectivity index (χ2n) is 10.3. The summed E-state index contributed by atoms with van der Waals surface area (Å²) in [5.74, 6) is 1.44. The van der Waals surface area contributed by atoms with Gasteiger partial charge in [-0.05, 0) is 58.2 Å². The number of aromatic nitrogens is 1. The van der Waals surface area contributed by atoms with Crippen molar-refractivity contribution < 1.29 is 5.11 Å². The molecule has 3 heteroatoms. The predicted molar refractivity (Wildman–Crippen MR) is 153 cm³/mol. The van der Waals surface area contributed by atoms with E-state index in [4.69, 9.17) is 9.98 Å². The third-order valence-corrected chi connectivity index (χ3v) is 6.60. The highest BCUT2D eigenvalue weighted by molar-refractivity contribution is 5.84. The molecule has 0 unspecified atom stereocenters. The van der Waals surface area contributed by atoms with Crippen molar-refractivity contribution in [3.8, 4) is 28.1 Å². The van der Waals surface area contributed by atoms with Crippen LogP contribution in [0.5, 0.6) is 5.75 Å². The van der Waals surface area contributed by atoms with E-state index in [1.807, 2.05) is 72.9 Å². The molecule has 4 aromatic rings. The van der Waals surface area contributed by atoms with E-state index in [0.717, 1.165) is 28.2 Å². The molecule has 0 saturated heterocycles. The summed E-state index contributed by atoms with van der Waals surface area (Å²) in [6.07, 6.45) is 1.85. The molecule has 0 atom stereocenters. The van der Waals surface area contributed by atoms with E-state index >= 15 is 0 Å². The highest BCUT2D eigenvalue weighted by atomic mass is 16.3. The van der Waals surface area contributed by atoms with Gasteiger partial charge in [0.2, 0.25) is 0 Å². The molecule has 1 aromatic heterocycles. The average molecular weight is 477 g/mol. The number of aromatic hydroxyl groups is 1. The maximum atomic E-state index is 11.1. The Morgan fingerprint density at radius 1 is 0.694 bits per heavy atom. The van der Waals surface area contributed by atoms with Gasteiger partial charge in [0.1, 0.15) is 5.75 Å². The SMILES string of the molecule is CC(C)c1cc(C(C)C)c(N=Cc2cccc(-c3cccc(-c4ccccc4)c3O)n2)c(C(C)C)c1. The van der Waals surface area contributed by atoms with E-state index in [1.165, 1.54) is 16.7 Å². The molecule has 3 nitrogen and oxygen atoms in total. The number of nitrogens with zero attached hydrogens (tertiary/aromatic N) is 2. The number of para-hydroxylation sites is 1. The zero-order valence-electron chi connectivity index (χ0n) is 22.2. The molecule has 0 bridgehead atoms. The number of phenols is 1. The van der Waals surface area contributed by atoms with Crippen LogP contribution in [0.25, 0.3) is 22.4 Å². The van der Waals surface area contributed by atoms with Crippen LogP contribution < -0.4 is 0 Å². The normalized spacial score (nSPS) is 11.8. The molecule has 1 N–H and O–H groups in total. The number of rotatable bonds is 7. The molecule has 0 aliphatic rings. The van der Waals surface area contributed by atoms with Crippen LogP contribution in [0.3, 0.4) is 0 Å². The molecule has 0 amide bonds. The van der Waals surface area contributed by atoms with Gasteiger partial charge in [0.25, 0.3) is 0 Å². The maximum Gasteiger partial charge on any atom is 0.132 e. The van der Waals surface area contributed by atoms with Crippen LogP contribution in [0, 0.1) is 0 Å². The monoisotopic (exact) mass is 476 g/mol. The van der Waals surface area contributed by atoms with Gasteiger partial charge >= 0.3 is 0 Å². The zero-order valence-corrected chi connectivity index (χ0v) is 22.2. The second-order valence-corrected chi connectivity index (χ2v) is 10.3. The standard InChI is InChI=1S/C33H36N2O/c1-21(2)25-18-29(22(3)4)32(30(19-25)23(5)6)34-20-26-14-10-17-31(35-26)28-16-11-15-27(33(28)36)24-12-8-7-9-13-24/h7-23,36H,1-6H3. The lowest BCUT2D eigenvalue weighted by atomic mass is 9.87. The summed E-state index contributed by atoms with van der Waals surface area (Å²) in [4.78, 5) is 9.83. The molecule has 3 aromatic carbocycles. The quantitative estimate of drug-likeness (QED) is 0.270. The Balaban J connectivity index is 1.74. The summed E-state index contributed by atoms with van der Waals surface area (Å²) in [5, 5.41) is 11.1. The van der Waals surface area contributed by atoms with Gasteiger partial charge in [-0.15, -0.1) is 0 Å². The number of pyridine rings is 1. The Morgan fingerprint density at radius 2 is 1.31 bits per heavy atom. The van der Waals surface area contributed by atoms with Gasteiger partial charge in [0.15, 0.2) is 0 Å². The van der Waals surface area contributed by atoms with E-state index in [1.54, 1.807) is 0 Å². The topological polar surface area (TPSA) is 45.5 Å². The van der Waals surface area contributed by atoms with E-state index < -0.39 is 0 Å². The molecule has 184 valence electrons. The Bertz CT molecular complexity index is 1340. The smallest absolute Gasteiger partial charge is 0.132 e. The van der Waals surface area contributed by atoms with Crippen LogP contribution in [0.1, 0.15) is 81.7 Å². The second kappa shape index (κ2) is 10.9. The lowest BCUT2D eigenvalue weighted by Crippen LogP contribution is -2.01. The molecule has 0 saturated carbocycles. The largest absolute Gasteiger partial charge is 0.507 e. The van der Waals surface area contributed by atoms with E-state index in [9.17, 15) is 5.11 Å². The lowest BCUT2D eigenvalue weighted by Gasteiger charge is -2.20. The van der Waals surface area contributed by atoms with Crippen molar-refractivity contribution in [1.29, 1.82) is 0 Å². The van der Waals surface area contributed by atoms with Crippen molar-refractivity contribution in [3.05, 3.63) is 101 Å². The summed E-state index contributed by atoms with van der Waals surface area (Å²) in [6.45, 7) is 13.4. The summed E-state index contributed by atoms with van der Waals surface area (Å²) >= 11 is 0. The van der Waals surface area contributed by atoms with Gasteiger partial charge < -0.3 is 5.11 Å². The minimum atomic E-state index is 0.235. The van der Waals surface area contributed by atoms with Gasteiger partial charge in [-0.1, -0.05) is 102 Å². The molecule has 0 fully saturated rings. The molecule has 0 aliphatic carbocycles. The van der Waals surface area contributed by atoms with Crippen molar-refractivity contribution in [2.24, 2.45) is 4.99 Å². The zero-order chi connectivity index (χ0) is 25.8. The number of benzene rings is 3. The summed E-state index contributed by atoms with van der Waals surface area (Å²) in [5.41, 5.74) is 8.89. The van der Waals surface area contributed by atoms with Crippen LogP contribution in [-0.2, 0) is 0 Å². The maximum absolute atomic E-state index is 11.1. The van der Waals surface area contributed by atoms with E-state index in [0.29, 0.717) is 23.3 Å². The van der Waals surface area contributed by atoms with Crippen LogP contribution in [0.4, 0.5) is 5.69 Å². The molecular weight excluding hydrogens is 440 g/mol. The first-order valence-corrected chi connectivity index (χ1v) is 12.8. The number of hydrogen-bond donors (Lipinski definition) is 1. The van der Waals surface area contributed by atoms with E-state index in [2.05, 4.69) is 53.7 Å². The number of hydrogen-bond acceptors (Lipinski definition) is 3. The molecule has 0 radical (unpaired) electrons. The molecule has 4 rings (SSSR count). The van der Waals surface area contributed by atoms with Gasteiger partial charge in [0, 0.05) is 11.1 Å². The van der Waals surface area contributed by atoms with Crippen LogP contribution >= 0.6 is 0 Å². The fourth-order valence-corrected chi connectivity index (χ4v) is 4.47. The van der Waals surface area contributed by atoms with Crippen molar-refractivity contribution in [2.45, 2.75) is 59.3 Å². The minimum Gasteiger partial charge on any atom is -0.507 e. The number of phenolic OH excluding ortho intramolecular Hbond substituents is 1. The van der Waals surface area contributed by atoms with Crippen molar-refractivity contribution in [1.82, 2.24) is 4.98 Å². The Labute approximate surface area is 215 Å². The van der Waals surface area contributed by atoms with Gasteiger partial charge in [-0.25, -0.2) is 4.98 Å². The van der Waals surface area contributed by atoms with Crippen molar-refractivity contribution >= 4 is 11.9 Å². The van der Waals surface area contributed by atoms with Crippen molar-refractivity contribution in [3.63, 3.8) is 0 Å². The molecule has 36 heavy (non-hydrogen) atoms. The van der Waals surface area contributed by atoms with Crippen molar-refractivity contribution in [2.75, 3.05) is 0 Å². The highest BCUT2D eigenvalue weighted by Crippen LogP contribution is 2.39. The molecule has 0 aliphatic heterocycles. The molecule has 0 spiro atoms. The van der Waals surface area contributed by atoms with Crippen LogP contribution in [0.15, 0.2) is 83.9 Å². The molecular formula is C33H36N2O. The minimum absolute atomic E-state index is 0.235. The first kappa shape index (κ1) is 25.4. The highest BCUT2D eigenvalue weighted by Gasteiger charge is 2.17. The predicted octanol–water partition coefficient (Wildman–Crippen LogP) is 9.24. The number of aliphatic imine (C=N–C) groups is 1. The fraction of sp³-hybridized carbons (Fsp3) is 0.273. The van der Waals surface area contributed by atoms with Gasteiger partial charge in [-0.3, -0.25) is 4.99 Å². The summed E-state index contributed by atoms with van der Waals surface area (Å²) < 4.78 is 0.